The molecule has 1 N–H and O–H groups in total. The number of aromatic amines is 1. The molecule has 0 bridgehead atoms. The fourth-order valence-electron chi connectivity index (χ4n) is 2.66. The predicted molar refractivity (Wildman–Crippen MR) is 83.0 cm³/mol. The Morgan fingerprint density at radius 3 is 2.71 bits per heavy atom. The van der Waals surface area contributed by atoms with Gasteiger partial charge in [-0.2, -0.15) is 0 Å². The molecule has 3 rings (SSSR count). The van der Waals surface area contributed by atoms with Gasteiger partial charge in [0.1, 0.15) is 17.2 Å². The molecule has 1 unspecified atom stereocenters. The molecule has 2 aliphatic heterocycles. The van der Waals surface area contributed by atoms with Crippen molar-refractivity contribution in [2.45, 2.75) is 44.2 Å². The summed E-state index contributed by atoms with van der Waals surface area (Å²) in [6.07, 6.45) is -0.299. The molecule has 2 saturated heterocycles. The maximum atomic E-state index is 12.0. The van der Waals surface area contributed by atoms with Crippen molar-refractivity contribution < 1.29 is 14.2 Å². The second-order valence-electron chi connectivity index (χ2n) is 5.43. The molecule has 0 aliphatic carbocycles. The molecule has 7 nitrogen and oxygen atoms in total. The average molecular weight is 429 g/mol. The molecule has 0 amide bonds. The van der Waals surface area contributed by atoms with E-state index < -0.39 is 29.4 Å². The SMILES string of the molecule is CC1(C)OC2[C@@H](CI)O[C@@H](n3cc(Cl)c(=O)[nH]c3=O)[C@H]2O1. The Balaban J connectivity index is 2.01. The molecule has 2 fully saturated rings. The molecule has 116 valence electrons. The van der Waals surface area contributed by atoms with Gasteiger partial charge in [0.2, 0.25) is 0 Å². The zero-order valence-corrected chi connectivity index (χ0v) is 14.3. The summed E-state index contributed by atoms with van der Waals surface area (Å²) in [4.78, 5) is 25.5. The average Bonchev–Trinajstić information content (AvgIpc) is 2.87. The molecule has 1 aromatic heterocycles. The number of halogens is 2. The number of ether oxygens (including phenoxy) is 3. The van der Waals surface area contributed by atoms with Crippen molar-refractivity contribution in [1.82, 2.24) is 9.55 Å². The van der Waals surface area contributed by atoms with Crippen molar-refractivity contribution >= 4 is 34.2 Å². The number of nitrogens with one attached hydrogen (secondary N) is 1. The maximum absolute atomic E-state index is 12.0. The van der Waals surface area contributed by atoms with Gasteiger partial charge in [0.15, 0.2) is 12.0 Å². The number of hydrogen-bond donors (Lipinski definition) is 1. The fraction of sp³-hybridized carbons (Fsp3) is 0.667. The van der Waals surface area contributed by atoms with Crippen molar-refractivity contribution in [3.63, 3.8) is 0 Å². The standard InChI is InChI=1S/C12H14ClIN2O5/c1-12(2)20-7-6(3-14)19-10(8(7)21-12)16-4-5(13)9(17)15-11(16)18/h4,6-8,10H,3H2,1-2H3,(H,15,17,18)/t6-,7?,8+,10-/m1/s1. The van der Waals surface area contributed by atoms with Crippen LogP contribution in [0.25, 0.3) is 0 Å². The summed E-state index contributed by atoms with van der Waals surface area (Å²) in [5.41, 5.74) is -1.21. The van der Waals surface area contributed by atoms with E-state index >= 15 is 0 Å². The lowest BCUT2D eigenvalue weighted by molar-refractivity contribution is -0.194. The lowest BCUT2D eigenvalue weighted by Crippen LogP contribution is -2.37. The topological polar surface area (TPSA) is 82.5 Å². The summed E-state index contributed by atoms with van der Waals surface area (Å²) in [6, 6.07) is 0. The van der Waals surface area contributed by atoms with Crippen LogP contribution in [0.3, 0.4) is 0 Å². The van der Waals surface area contributed by atoms with Crippen molar-refractivity contribution in [3.8, 4) is 0 Å². The van der Waals surface area contributed by atoms with E-state index in [0.29, 0.717) is 4.43 Å². The Morgan fingerprint density at radius 1 is 1.38 bits per heavy atom. The third kappa shape index (κ3) is 2.67. The second kappa shape index (κ2) is 5.34. The smallest absolute Gasteiger partial charge is 0.330 e. The first kappa shape index (κ1) is 15.5. The molecule has 0 aromatic carbocycles. The Kier molecular flexibility index (Phi) is 3.93. The Labute approximate surface area is 138 Å². The summed E-state index contributed by atoms with van der Waals surface area (Å²) < 4.78 is 19.5. The Morgan fingerprint density at radius 2 is 2.05 bits per heavy atom. The zero-order valence-electron chi connectivity index (χ0n) is 11.3. The Bertz CT molecular complexity index is 672. The minimum Gasteiger partial charge on any atom is -0.348 e. The van der Waals surface area contributed by atoms with Crippen molar-refractivity contribution in [2.24, 2.45) is 0 Å². The summed E-state index contributed by atoms with van der Waals surface area (Å²) in [7, 11) is 0. The zero-order chi connectivity index (χ0) is 15.4. The minimum atomic E-state index is -0.739. The normalized spacial score (nSPS) is 34.1. The summed E-state index contributed by atoms with van der Waals surface area (Å²) in [5.74, 6) is -0.739. The van der Waals surface area contributed by atoms with E-state index in [9.17, 15) is 9.59 Å². The van der Waals surface area contributed by atoms with Gasteiger partial charge in [0.25, 0.3) is 5.56 Å². The van der Waals surface area contributed by atoms with Gasteiger partial charge in [-0.15, -0.1) is 0 Å². The van der Waals surface area contributed by atoms with Crippen LogP contribution in [-0.4, -0.2) is 38.1 Å². The van der Waals surface area contributed by atoms with Gasteiger partial charge in [-0.3, -0.25) is 14.3 Å². The van der Waals surface area contributed by atoms with Crippen LogP contribution in [0.5, 0.6) is 0 Å². The van der Waals surface area contributed by atoms with Gasteiger partial charge >= 0.3 is 5.69 Å². The van der Waals surface area contributed by atoms with Gasteiger partial charge in [0, 0.05) is 10.6 Å². The summed E-state index contributed by atoms with van der Waals surface area (Å²) in [5, 5.41) is -0.0779. The van der Waals surface area contributed by atoms with Crippen molar-refractivity contribution in [3.05, 3.63) is 32.1 Å². The molecule has 1 aromatic rings. The van der Waals surface area contributed by atoms with Crippen LogP contribution in [0, 0.1) is 0 Å². The molecule has 4 atom stereocenters. The highest BCUT2D eigenvalue weighted by Crippen LogP contribution is 2.43. The van der Waals surface area contributed by atoms with Gasteiger partial charge in [-0.1, -0.05) is 34.2 Å². The van der Waals surface area contributed by atoms with E-state index in [1.165, 1.54) is 10.8 Å². The summed E-state index contributed by atoms with van der Waals surface area (Å²) >= 11 is 8.00. The molecule has 9 heteroatoms. The lowest BCUT2D eigenvalue weighted by Gasteiger charge is -2.24. The third-order valence-electron chi connectivity index (χ3n) is 3.48. The Hall–Kier alpha value is -0.420. The van der Waals surface area contributed by atoms with Crippen LogP contribution in [0.1, 0.15) is 20.1 Å². The first-order chi connectivity index (χ1) is 9.82. The largest absolute Gasteiger partial charge is 0.348 e. The molecule has 0 radical (unpaired) electrons. The van der Waals surface area contributed by atoms with E-state index in [4.69, 9.17) is 25.8 Å². The first-order valence-corrected chi connectivity index (χ1v) is 8.31. The lowest BCUT2D eigenvalue weighted by atomic mass is 10.1. The van der Waals surface area contributed by atoms with E-state index in [1.54, 1.807) is 0 Å². The van der Waals surface area contributed by atoms with Crippen LogP contribution >= 0.6 is 34.2 Å². The first-order valence-electron chi connectivity index (χ1n) is 6.40. The van der Waals surface area contributed by atoms with E-state index in [2.05, 4.69) is 27.6 Å². The van der Waals surface area contributed by atoms with Crippen LogP contribution in [-0.2, 0) is 14.2 Å². The van der Waals surface area contributed by atoms with E-state index in [-0.39, 0.29) is 17.2 Å². The highest BCUT2D eigenvalue weighted by molar-refractivity contribution is 14.1. The highest BCUT2D eigenvalue weighted by Gasteiger charge is 2.55. The minimum absolute atomic E-state index is 0.0779. The number of hydrogen-bond acceptors (Lipinski definition) is 5. The van der Waals surface area contributed by atoms with Crippen LogP contribution in [0.2, 0.25) is 5.02 Å². The number of alkyl halides is 1. The number of aromatic nitrogens is 2. The van der Waals surface area contributed by atoms with Gasteiger partial charge in [-0.25, -0.2) is 4.79 Å². The quantitative estimate of drug-likeness (QED) is 0.562. The van der Waals surface area contributed by atoms with Gasteiger partial charge < -0.3 is 14.2 Å². The van der Waals surface area contributed by atoms with Crippen LogP contribution in [0.4, 0.5) is 0 Å². The van der Waals surface area contributed by atoms with Crippen molar-refractivity contribution in [2.75, 3.05) is 4.43 Å². The van der Waals surface area contributed by atoms with E-state index in [0.717, 1.165) is 0 Å². The van der Waals surface area contributed by atoms with Gasteiger partial charge in [0.05, 0.1) is 6.10 Å². The van der Waals surface area contributed by atoms with Gasteiger partial charge in [-0.05, 0) is 13.8 Å². The van der Waals surface area contributed by atoms with Crippen LogP contribution < -0.4 is 11.2 Å². The fourth-order valence-corrected chi connectivity index (χ4v) is 3.52. The number of rotatable bonds is 2. The molecular weight excluding hydrogens is 414 g/mol. The monoisotopic (exact) mass is 428 g/mol. The highest BCUT2D eigenvalue weighted by atomic mass is 127. The maximum Gasteiger partial charge on any atom is 0.330 e. The van der Waals surface area contributed by atoms with E-state index in [1.807, 2.05) is 13.8 Å². The molecule has 3 heterocycles. The second-order valence-corrected chi connectivity index (χ2v) is 6.72. The number of nitrogens with zero attached hydrogens (tertiary/aromatic N) is 1. The predicted octanol–water partition coefficient (Wildman–Crippen LogP) is 1.04. The third-order valence-corrected chi connectivity index (χ3v) is 4.61. The van der Waals surface area contributed by atoms with Crippen molar-refractivity contribution in [1.29, 1.82) is 0 Å². The molecule has 0 saturated carbocycles. The molecule has 21 heavy (non-hydrogen) atoms. The summed E-state index contributed by atoms with van der Waals surface area (Å²) in [6.45, 7) is 3.63. The molecule has 2 aliphatic rings. The van der Waals surface area contributed by atoms with Crippen LogP contribution in [0.15, 0.2) is 15.8 Å². The number of fused-ring (bicyclic) bond motifs is 1. The molecular formula is C12H14ClIN2O5. The molecule has 0 spiro atoms. The number of H-pyrrole nitrogens is 1.